The van der Waals surface area contributed by atoms with Crippen LogP contribution in [0.5, 0.6) is 11.5 Å². The number of methoxy groups -OCH3 is 1. The quantitative estimate of drug-likeness (QED) is 0.820. The lowest BCUT2D eigenvalue weighted by Gasteiger charge is -2.16. The van der Waals surface area contributed by atoms with Crippen LogP contribution in [0.1, 0.15) is 36.9 Å². The second-order valence-electron chi connectivity index (χ2n) is 7.06. The Morgan fingerprint density at radius 3 is 2.76 bits per heavy atom. The maximum absolute atomic E-state index is 12.7. The van der Waals surface area contributed by atoms with Crippen LogP contribution in [0.2, 0.25) is 0 Å². The predicted octanol–water partition coefficient (Wildman–Crippen LogP) is 2.89. The van der Waals surface area contributed by atoms with Gasteiger partial charge in [0.25, 0.3) is 0 Å². The van der Waals surface area contributed by atoms with Crippen LogP contribution < -0.4 is 14.9 Å². The van der Waals surface area contributed by atoms with E-state index < -0.39 is 0 Å². The SMILES string of the molecule is COc1cc2c(=O)c3c([nH]c2cc1OCCCN1CCCC1)CCC3. The molecule has 1 aliphatic heterocycles. The van der Waals surface area contributed by atoms with E-state index in [1.807, 2.05) is 12.1 Å². The summed E-state index contributed by atoms with van der Waals surface area (Å²) in [7, 11) is 1.62. The first kappa shape index (κ1) is 16.5. The molecule has 5 heteroatoms. The summed E-state index contributed by atoms with van der Waals surface area (Å²) < 4.78 is 11.5. The van der Waals surface area contributed by atoms with Gasteiger partial charge in [-0.2, -0.15) is 0 Å². The topological polar surface area (TPSA) is 54.6 Å². The van der Waals surface area contributed by atoms with Crippen molar-refractivity contribution in [1.82, 2.24) is 9.88 Å². The fourth-order valence-electron chi connectivity index (χ4n) is 4.06. The minimum absolute atomic E-state index is 0.139. The van der Waals surface area contributed by atoms with Crippen molar-refractivity contribution in [2.45, 2.75) is 38.5 Å². The van der Waals surface area contributed by atoms with Crippen molar-refractivity contribution >= 4 is 10.9 Å². The molecule has 2 aliphatic rings. The molecule has 1 N–H and O–H groups in total. The third kappa shape index (κ3) is 3.25. The third-order valence-corrected chi connectivity index (χ3v) is 5.40. The number of fused-ring (bicyclic) bond motifs is 2. The molecule has 4 rings (SSSR count). The Morgan fingerprint density at radius 1 is 1.12 bits per heavy atom. The highest BCUT2D eigenvalue weighted by molar-refractivity contribution is 5.83. The van der Waals surface area contributed by atoms with Crippen molar-refractivity contribution in [2.75, 3.05) is 33.4 Å². The zero-order valence-electron chi connectivity index (χ0n) is 14.9. The lowest BCUT2D eigenvalue weighted by Crippen LogP contribution is -2.22. The summed E-state index contributed by atoms with van der Waals surface area (Å²) in [4.78, 5) is 18.6. The Hall–Kier alpha value is -2.01. The monoisotopic (exact) mass is 342 g/mol. The normalized spacial score (nSPS) is 17.2. The second-order valence-corrected chi connectivity index (χ2v) is 7.06. The highest BCUT2D eigenvalue weighted by Crippen LogP contribution is 2.32. The largest absolute Gasteiger partial charge is 0.493 e. The number of aromatic nitrogens is 1. The molecule has 134 valence electrons. The van der Waals surface area contributed by atoms with E-state index >= 15 is 0 Å². The summed E-state index contributed by atoms with van der Waals surface area (Å²) in [6, 6.07) is 3.74. The first-order valence-corrected chi connectivity index (χ1v) is 9.37. The minimum atomic E-state index is 0.139. The molecule has 0 amide bonds. The van der Waals surface area contributed by atoms with Crippen LogP contribution in [0.15, 0.2) is 16.9 Å². The number of ether oxygens (including phenoxy) is 2. The molecule has 0 radical (unpaired) electrons. The summed E-state index contributed by atoms with van der Waals surface area (Å²) in [5, 5.41) is 0.696. The Bertz CT molecular complexity index is 822. The molecule has 0 saturated carbocycles. The molecule has 1 aromatic heterocycles. The Morgan fingerprint density at radius 2 is 1.96 bits per heavy atom. The maximum atomic E-state index is 12.7. The van der Waals surface area contributed by atoms with Crippen LogP contribution in [-0.2, 0) is 12.8 Å². The van der Waals surface area contributed by atoms with Crippen LogP contribution in [0.4, 0.5) is 0 Å². The van der Waals surface area contributed by atoms with Gasteiger partial charge in [-0.05, 0) is 57.7 Å². The molecule has 1 aliphatic carbocycles. The van der Waals surface area contributed by atoms with Crippen LogP contribution in [-0.4, -0.2) is 43.2 Å². The molecule has 2 aromatic rings. The highest BCUT2D eigenvalue weighted by Gasteiger charge is 2.19. The van der Waals surface area contributed by atoms with E-state index in [2.05, 4.69) is 9.88 Å². The molecule has 1 aromatic carbocycles. The maximum Gasteiger partial charge on any atom is 0.192 e. The fraction of sp³-hybridized carbons (Fsp3) is 0.550. The molecule has 0 atom stereocenters. The lowest BCUT2D eigenvalue weighted by molar-refractivity contribution is 0.254. The fourth-order valence-corrected chi connectivity index (χ4v) is 4.06. The van der Waals surface area contributed by atoms with E-state index in [1.165, 1.54) is 25.9 Å². The number of aryl methyl sites for hydroxylation is 1. The van der Waals surface area contributed by atoms with Gasteiger partial charge in [-0.25, -0.2) is 0 Å². The first-order valence-electron chi connectivity index (χ1n) is 9.37. The number of H-pyrrole nitrogens is 1. The number of likely N-dealkylation sites (tertiary alicyclic amines) is 1. The van der Waals surface area contributed by atoms with Crippen molar-refractivity contribution in [3.05, 3.63) is 33.6 Å². The van der Waals surface area contributed by atoms with Crippen molar-refractivity contribution < 1.29 is 9.47 Å². The number of nitrogens with zero attached hydrogens (tertiary/aromatic N) is 1. The zero-order chi connectivity index (χ0) is 17.2. The molecule has 2 heterocycles. The Kier molecular flexibility index (Phi) is 4.66. The molecule has 5 nitrogen and oxygen atoms in total. The molecule has 0 spiro atoms. The van der Waals surface area contributed by atoms with Crippen LogP contribution >= 0.6 is 0 Å². The van der Waals surface area contributed by atoms with Gasteiger partial charge in [-0.15, -0.1) is 0 Å². The molecule has 25 heavy (non-hydrogen) atoms. The van der Waals surface area contributed by atoms with E-state index in [9.17, 15) is 4.79 Å². The number of nitrogens with one attached hydrogen (secondary N) is 1. The average molecular weight is 342 g/mol. The zero-order valence-corrected chi connectivity index (χ0v) is 14.9. The highest BCUT2D eigenvalue weighted by atomic mass is 16.5. The Balaban J connectivity index is 1.53. The third-order valence-electron chi connectivity index (χ3n) is 5.40. The summed E-state index contributed by atoms with van der Waals surface area (Å²) in [6.45, 7) is 4.17. The summed E-state index contributed by atoms with van der Waals surface area (Å²) >= 11 is 0. The molecule has 1 saturated heterocycles. The van der Waals surface area contributed by atoms with Gasteiger partial charge in [-0.3, -0.25) is 4.79 Å². The molecular weight excluding hydrogens is 316 g/mol. The van der Waals surface area contributed by atoms with Gasteiger partial charge in [0.2, 0.25) is 0 Å². The molecule has 1 fully saturated rings. The summed E-state index contributed by atoms with van der Waals surface area (Å²) in [5.74, 6) is 1.35. The van der Waals surface area contributed by atoms with Gasteiger partial charge >= 0.3 is 0 Å². The van der Waals surface area contributed by atoms with Crippen LogP contribution in [0.25, 0.3) is 10.9 Å². The molecular formula is C20H26N2O3. The van der Waals surface area contributed by atoms with Crippen LogP contribution in [0.3, 0.4) is 0 Å². The number of pyridine rings is 1. The van der Waals surface area contributed by atoms with Gasteiger partial charge < -0.3 is 19.4 Å². The van der Waals surface area contributed by atoms with Crippen LogP contribution in [0, 0.1) is 0 Å². The van der Waals surface area contributed by atoms with Gasteiger partial charge in [0.1, 0.15) is 0 Å². The van der Waals surface area contributed by atoms with E-state index in [1.54, 1.807) is 7.11 Å². The average Bonchev–Trinajstić information content (AvgIpc) is 3.30. The van der Waals surface area contributed by atoms with Crippen molar-refractivity contribution in [3.8, 4) is 11.5 Å². The standard InChI is InChI=1S/C20H26N2O3/c1-24-18-12-15-17(21-16-7-4-6-14(16)20(15)23)13-19(18)25-11-5-10-22-8-2-3-9-22/h12-13H,2-11H2,1H3,(H,21,23). The summed E-state index contributed by atoms with van der Waals surface area (Å²) in [5.41, 5.74) is 3.01. The first-order chi connectivity index (χ1) is 12.3. The summed E-state index contributed by atoms with van der Waals surface area (Å²) in [6.07, 6.45) is 6.51. The minimum Gasteiger partial charge on any atom is -0.493 e. The number of rotatable bonds is 6. The number of benzene rings is 1. The van der Waals surface area contributed by atoms with Gasteiger partial charge in [-0.1, -0.05) is 0 Å². The van der Waals surface area contributed by atoms with E-state index in [0.717, 1.165) is 49.0 Å². The van der Waals surface area contributed by atoms with Gasteiger partial charge in [0.05, 0.1) is 19.2 Å². The predicted molar refractivity (Wildman–Crippen MR) is 98.9 cm³/mol. The van der Waals surface area contributed by atoms with Crippen molar-refractivity contribution in [2.24, 2.45) is 0 Å². The van der Waals surface area contributed by atoms with Crippen molar-refractivity contribution in [3.63, 3.8) is 0 Å². The number of aromatic amines is 1. The van der Waals surface area contributed by atoms with E-state index in [-0.39, 0.29) is 5.43 Å². The van der Waals surface area contributed by atoms with Gasteiger partial charge in [0.15, 0.2) is 16.9 Å². The smallest absolute Gasteiger partial charge is 0.192 e. The van der Waals surface area contributed by atoms with E-state index in [4.69, 9.17) is 9.47 Å². The second kappa shape index (κ2) is 7.08. The lowest BCUT2D eigenvalue weighted by atomic mass is 10.1. The number of hydrogen-bond acceptors (Lipinski definition) is 4. The number of hydrogen-bond donors (Lipinski definition) is 1. The molecule has 0 bridgehead atoms. The Labute approximate surface area is 147 Å². The van der Waals surface area contributed by atoms with Gasteiger partial charge in [0, 0.05) is 29.3 Å². The van der Waals surface area contributed by atoms with E-state index in [0.29, 0.717) is 23.5 Å². The molecule has 0 unspecified atom stereocenters. The van der Waals surface area contributed by atoms with Crippen molar-refractivity contribution in [1.29, 1.82) is 0 Å².